The highest BCUT2D eigenvalue weighted by Gasteiger charge is 2.44. The SMILES string of the molecule is c1ccc(N(c2ccccc2)c2ccc3c(c2)C2(CCCCC2)c2cc(N(c4ccccc4)c4ccccc4)ccc2-3)cc1. The maximum Gasteiger partial charge on any atom is 0.0465 e. The van der Waals surface area contributed by atoms with Crippen LogP contribution in [-0.4, -0.2) is 0 Å². The number of anilines is 6. The summed E-state index contributed by atoms with van der Waals surface area (Å²) >= 11 is 0. The summed E-state index contributed by atoms with van der Waals surface area (Å²) in [4.78, 5) is 4.80. The van der Waals surface area contributed by atoms with E-state index < -0.39 is 0 Å². The molecule has 0 aliphatic heterocycles. The number of para-hydroxylation sites is 4. The number of nitrogens with zero attached hydrogens (tertiary/aromatic N) is 2. The van der Waals surface area contributed by atoms with Gasteiger partial charge in [-0.05, 0) is 108 Å². The van der Waals surface area contributed by atoms with E-state index in [9.17, 15) is 0 Å². The van der Waals surface area contributed by atoms with Gasteiger partial charge >= 0.3 is 0 Å². The van der Waals surface area contributed by atoms with Crippen LogP contribution in [0.5, 0.6) is 0 Å². The summed E-state index contributed by atoms with van der Waals surface area (Å²) in [6, 6.07) is 57.5. The van der Waals surface area contributed by atoms with Crippen LogP contribution in [0.15, 0.2) is 158 Å². The van der Waals surface area contributed by atoms with Gasteiger partial charge in [-0.25, -0.2) is 0 Å². The van der Waals surface area contributed by atoms with Crippen molar-refractivity contribution in [1.29, 1.82) is 0 Å². The summed E-state index contributed by atoms with van der Waals surface area (Å²) in [6.07, 6.45) is 6.21. The monoisotopic (exact) mass is 568 g/mol. The first-order chi connectivity index (χ1) is 21.8. The summed E-state index contributed by atoms with van der Waals surface area (Å²) in [5.41, 5.74) is 12.9. The molecule has 0 heterocycles. The fraction of sp³-hybridized carbons (Fsp3) is 0.143. The number of benzene rings is 6. The van der Waals surface area contributed by atoms with Gasteiger partial charge in [0, 0.05) is 39.5 Å². The van der Waals surface area contributed by atoms with Gasteiger partial charge in [-0.2, -0.15) is 0 Å². The van der Waals surface area contributed by atoms with Crippen molar-refractivity contribution in [2.24, 2.45) is 0 Å². The maximum atomic E-state index is 2.51. The lowest BCUT2D eigenvalue weighted by molar-refractivity contribution is 0.353. The van der Waals surface area contributed by atoms with E-state index in [1.54, 1.807) is 0 Å². The first kappa shape index (κ1) is 26.5. The molecule has 2 heteroatoms. The average Bonchev–Trinajstić information content (AvgIpc) is 3.35. The molecule has 6 aromatic carbocycles. The molecule has 44 heavy (non-hydrogen) atoms. The Morgan fingerprint density at radius 2 is 0.682 bits per heavy atom. The molecule has 2 aliphatic rings. The minimum absolute atomic E-state index is 0.0209. The lowest BCUT2D eigenvalue weighted by atomic mass is 9.67. The zero-order chi connectivity index (χ0) is 29.3. The molecule has 1 saturated carbocycles. The van der Waals surface area contributed by atoms with Gasteiger partial charge in [-0.1, -0.05) is 104 Å². The number of rotatable bonds is 6. The van der Waals surface area contributed by atoms with Crippen molar-refractivity contribution in [3.05, 3.63) is 169 Å². The number of fused-ring (bicyclic) bond motifs is 5. The summed E-state index contributed by atoms with van der Waals surface area (Å²) < 4.78 is 0. The largest absolute Gasteiger partial charge is 0.310 e. The van der Waals surface area contributed by atoms with Crippen LogP contribution >= 0.6 is 0 Å². The highest BCUT2D eigenvalue weighted by molar-refractivity contribution is 5.88. The molecular formula is C42H36N2. The highest BCUT2D eigenvalue weighted by Crippen LogP contribution is 2.58. The Kier molecular flexibility index (Phi) is 6.76. The summed E-state index contributed by atoms with van der Waals surface area (Å²) in [6.45, 7) is 0. The van der Waals surface area contributed by atoms with Gasteiger partial charge in [0.1, 0.15) is 0 Å². The lowest BCUT2D eigenvalue weighted by Gasteiger charge is -2.37. The van der Waals surface area contributed by atoms with E-state index in [0.717, 1.165) is 0 Å². The van der Waals surface area contributed by atoms with Crippen LogP contribution in [0.1, 0.15) is 43.2 Å². The molecule has 6 aromatic rings. The number of hydrogen-bond donors (Lipinski definition) is 0. The molecule has 8 rings (SSSR count). The minimum atomic E-state index is 0.0209. The topological polar surface area (TPSA) is 6.48 Å². The fourth-order valence-corrected chi connectivity index (χ4v) is 7.65. The smallest absolute Gasteiger partial charge is 0.0465 e. The Hall–Kier alpha value is -5.08. The second-order valence-electron chi connectivity index (χ2n) is 12.1. The quantitative estimate of drug-likeness (QED) is 0.197. The normalized spacial score (nSPS) is 14.5. The third-order valence-corrected chi connectivity index (χ3v) is 9.61. The fourth-order valence-electron chi connectivity index (χ4n) is 7.65. The zero-order valence-corrected chi connectivity index (χ0v) is 24.9. The molecule has 0 saturated heterocycles. The van der Waals surface area contributed by atoms with Crippen molar-refractivity contribution >= 4 is 34.1 Å². The van der Waals surface area contributed by atoms with Crippen molar-refractivity contribution in [2.45, 2.75) is 37.5 Å². The van der Waals surface area contributed by atoms with Gasteiger partial charge in [0.25, 0.3) is 0 Å². The first-order valence-corrected chi connectivity index (χ1v) is 15.9. The van der Waals surface area contributed by atoms with Crippen LogP contribution in [0, 0.1) is 0 Å². The average molecular weight is 569 g/mol. The van der Waals surface area contributed by atoms with E-state index >= 15 is 0 Å². The first-order valence-electron chi connectivity index (χ1n) is 15.9. The van der Waals surface area contributed by atoms with Gasteiger partial charge in [0.05, 0.1) is 0 Å². The van der Waals surface area contributed by atoms with E-state index in [4.69, 9.17) is 0 Å². The third kappa shape index (κ3) is 4.50. The molecular weight excluding hydrogens is 532 g/mol. The van der Waals surface area contributed by atoms with E-state index in [1.807, 2.05) is 0 Å². The molecule has 2 nitrogen and oxygen atoms in total. The van der Waals surface area contributed by atoms with Gasteiger partial charge in [0.2, 0.25) is 0 Å². The Balaban J connectivity index is 1.29. The molecule has 0 radical (unpaired) electrons. The molecule has 2 aliphatic carbocycles. The van der Waals surface area contributed by atoms with Crippen molar-refractivity contribution < 1.29 is 0 Å². The molecule has 0 amide bonds. The Morgan fingerprint density at radius 3 is 1.02 bits per heavy atom. The molecule has 0 atom stereocenters. The Bertz CT molecular complexity index is 1660. The van der Waals surface area contributed by atoms with E-state index in [0.29, 0.717) is 0 Å². The predicted octanol–water partition coefficient (Wildman–Crippen LogP) is 11.9. The second kappa shape index (κ2) is 11.2. The highest BCUT2D eigenvalue weighted by atomic mass is 15.1. The van der Waals surface area contributed by atoms with Crippen LogP contribution in [0.4, 0.5) is 34.1 Å². The molecule has 0 bridgehead atoms. The van der Waals surface area contributed by atoms with Crippen LogP contribution in [0.3, 0.4) is 0 Å². The minimum Gasteiger partial charge on any atom is -0.310 e. The van der Waals surface area contributed by atoms with Crippen LogP contribution in [0.2, 0.25) is 0 Å². The van der Waals surface area contributed by atoms with Crippen LogP contribution < -0.4 is 9.80 Å². The molecule has 0 N–H and O–H groups in total. The summed E-state index contributed by atoms with van der Waals surface area (Å²) in [5, 5.41) is 0. The van der Waals surface area contributed by atoms with Crippen molar-refractivity contribution in [3.8, 4) is 11.1 Å². The predicted molar refractivity (Wildman–Crippen MR) is 185 cm³/mol. The van der Waals surface area contributed by atoms with E-state index in [2.05, 4.69) is 168 Å². The maximum absolute atomic E-state index is 2.51. The van der Waals surface area contributed by atoms with Crippen LogP contribution in [-0.2, 0) is 5.41 Å². The van der Waals surface area contributed by atoms with E-state index in [1.165, 1.54) is 88.5 Å². The zero-order valence-electron chi connectivity index (χ0n) is 24.9. The van der Waals surface area contributed by atoms with E-state index in [-0.39, 0.29) is 5.41 Å². The summed E-state index contributed by atoms with van der Waals surface area (Å²) in [7, 11) is 0. The Labute approximate surface area is 260 Å². The Morgan fingerprint density at radius 1 is 0.341 bits per heavy atom. The van der Waals surface area contributed by atoms with Crippen molar-refractivity contribution in [2.75, 3.05) is 9.80 Å². The molecule has 0 unspecified atom stereocenters. The molecule has 214 valence electrons. The number of hydrogen-bond acceptors (Lipinski definition) is 2. The molecule has 1 fully saturated rings. The standard InChI is InChI=1S/C42H36N2/c1-6-16-32(17-7-1)43(33-18-8-2-9-19-33)36-24-26-38-39-27-25-37(31-41(39)42(40(38)30-36)28-14-5-15-29-42)44(34-20-10-3-11-21-34)35-22-12-4-13-23-35/h1-4,6-13,16-27,30-31H,5,14-15,28-29H2. The lowest BCUT2D eigenvalue weighted by Crippen LogP contribution is -2.28. The van der Waals surface area contributed by atoms with Crippen molar-refractivity contribution in [3.63, 3.8) is 0 Å². The van der Waals surface area contributed by atoms with Gasteiger partial charge in [-0.15, -0.1) is 0 Å². The second-order valence-corrected chi connectivity index (χ2v) is 12.1. The molecule has 1 spiro atoms. The van der Waals surface area contributed by atoms with Gasteiger partial charge in [0.15, 0.2) is 0 Å². The summed E-state index contributed by atoms with van der Waals surface area (Å²) in [5.74, 6) is 0. The third-order valence-electron chi connectivity index (χ3n) is 9.61. The van der Waals surface area contributed by atoms with Gasteiger partial charge < -0.3 is 9.80 Å². The molecule has 0 aromatic heterocycles. The van der Waals surface area contributed by atoms with Gasteiger partial charge in [-0.3, -0.25) is 0 Å². The van der Waals surface area contributed by atoms with Crippen molar-refractivity contribution in [1.82, 2.24) is 0 Å². The van der Waals surface area contributed by atoms with Crippen LogP contribution in [0.25, 0.3) is 11.1 Å².